The molecular weight excluding hydrogens is 545 g/mol. The van der Waals surface area contributed by atoms with E-state index in [2.05, 4.69) is 44.7 Å². The van der Waals surface area contributed by atoms with E-state index in [4.69, 9.17) is 10.2 Å². The number of halogens is 1. The Bertz CT molecular complexity index is 1760. The lowest BCUT2D eigenvalue weighted by molar-refractivity contribution is 0.236. The SMILES string of the molecule is CC#CCn1c(NC[C@@H](CCCC)NC(=O)NCC(C)N)nc2c1c(=O)n(Cc1nc3ccc(F)cc3o1)c(=O)n2C. The van der Waals surface area contributed by atoms with Crippen molar-refractivity contribution in [1.82, 2.24) is 34.3 Å². The number of unbranched alkanes of at least 4 members (excludes halogenated alkanes) is 1. The van der Waals surface area contributed by atoms with Crippen LogP contribution in [0.25, 0.3) is 22.3 Å². The molecule has 2 amide bonds. The van der Waals surface area contributed by atoms with Crippen molar-refractivity contribution in [3.05, 3.63) is 50.7 Å². The number of benzene rings is 1. The van der Waals surface area contributed by atoms with E-state index in [0.29, 0.717) is 31.0 Å². The van der Waals surface area contributed by atoms with E-state index >= 15 is 0 Å². The lowest BCUT2D eigenvalue weighted by Crippen LogP contribution is -2.47. The summed E-state index contributed by atoms with van der Waals surface area (Å²) in [6.45, 7) is 6.07. The lowest BCUT2D eigenvalue weighted by Gasteiger charge is -2.20. The molecule has 3 aromatic heterocycles. The molecule has 0 spiro atoms. The Kier molecular flexibility index (Phi) is 9.64. The fourth-order valence-electron chi connectivity index (χ4n) is 4.49. The second kappa shape index (κ2) is 13.3. The number of oxazole rings is 1. The minimum Gasteiger partial charge on any atom is -0.439 e. The van der Waals surface area contributed by atoms with Crippen molar-refractivity contribution in [3.8, 4) is 11.8 Å². The molecule has 0 radical (unpaired) electrons. The summed E-state index contributed by atoms with van der Waals surface area (Å²) in [5.74, 6) is 5.70. The Balaban J connectivity index is 1.68. The average Bonchev–Trinajstić information content (AvgIpc) is 3.53. The highest BCUT2D eigenvalue weighted by atomic mass is 19.1. The van der Waals surface area contributed by atoms with E-state index in [1.54, 1.807) is 18.4 Å². The van der Waals surface area contributed by atoms with Gasteiger partial charge < -0.3 is 26.1 Å². The summed E-state index contributed by atoms with van der Waals surface area (Å²) in [5, 5.41) is 8.96. The fraction of sp³-hybridized carbons (Fsp3) is 0.464. The third-order valence-electron chi connectivity index (χ3n) is 6.67. The van der Waals surface area contributed by atoms with Gasteiger partial charge in [-0.3, -0.25) is 13.9 Å². The van der Waals surface area contributed by atoms with Crippen LogP contribution < -0.4 is 32.9 Å². The van der Waals surface area contributed by atoms with Crippen LogP contribution in [0.5, 0.6) is 0 Å². The van der Waals surface area contributed by atoms with E-state index < -0.39 is 17.1 Å². The fourth-order valence-corrected chi connectivity index (χ4v) is 4.49. The predicted octanol–water partition coefficient (Wildman–Crippen LogP) is 1.87. The number of rotatable bonds is 12. The number of aryl methyl sites for hydroxylation is 1. The molecule has 2 atom stereocenters. The number of carbonyl (C=O) groups is 1. The zero-order valence-electron chi connectivity index (χ0n) is 24.2. The number of nitrogens with two attached hydrogens (primary N) is 1. The molecule has 42 heavy (non-hydrogen) atoms. The Labute approximate surface area is 241 Å². The minimum atomic E-state index is -0.619. The van der Waals surface area contributed by atoms with E-state index in [-0.39, 0.29) is 53.8 Å². The van der Waals surface area contributed by atoms with Crippen LogP contribution in [0.3, 0.4) is 0 Å². The summed E-state index contributed by atoms with van der Waals surface area (Å²) < 4.78 is 23.1. The minimum absolute atomic E-state index is 0.0825. The quantitative estimate of drug-likeness (QED) is 0.184. The smallest absolute Gasteiger partial charge is 0.332 e. The molecule has 4 aromatic rings. The number of anilines is 1. The first kappa shape index (κ1) is 30.3. The van der Waals surface area contributed by atoms with E-state index in [1.165, 1.54) is 29.8 Å². The maximum absolute atomic E-state index is 13.7. The summed E-state index contributed by atoms with van der Waals surface area (Å²) in [7, 11) is 1.52. The summed E-state index contributed by atoms with van der Waals surface area (Å²) in [6.07, 6.45) is 2.55. The Hall–Kier alpha value is -4.64. The normalized spacial score (nSPS) is 12.6. The van der Waals surface area contributed by atoms with Crippen LogP contribution >= 0.6 is 0 Å². The number of carbonyl (C=O) groups excluding carboxylic acids is 1. The van der Waals surface area contributed by atoms with Crippen LogP contribution in [0.4, 0.5) is 15.1 Å². The van der Waals surface area contributed by atoms with Crippen LogP contribution in [-0.2, 0) is 20.1 Å². The Morgan fingerprint density at radius 3 is 2.71 bits per heavy atom. The molecule has 1 unspecified atom stereocenters. The number of hydrogen-bond acceptors (Lipinski definition) is 8. The van der Waals surface area contributed by atoms with E-state index in [0.717, 1.165) is 17.4 Å². The molecule has 14 heteroatoms. The number of amides is 2. The number of fused-ring (bicyclic) bond motifs is 2. The van der Waals surface area contributed by atoms with E-state index in [1.807, 2.05) is 0 Å². The van der Waals surface area contributed by atoms with Crippen LogP contribution in [0, 0.1) is 17.7 Å². The summed E-state index contributed by atoms with van der Waals surface area (Å²) >= 11 is 0. The van der Waals surface area contributed by atoms with Crippen molar-refractivity contribution in [2.75, 3.05) is 18.4 Å². The van der Waals surface area contributed by atoms with Crippen LogP contribution in [-0.4, -0.2) is 54.9 Å². The predicted molar refractivity (Wildman–Crippen MR) is 158 cm³/mol. The van der Waals surface area contributed by atoms with Gasteiger partial charge in [-0.1, -0.05) is 25.7 Å². The maximum atomic E-state index is 13.7. The van der Waals surface area contributed by atoms with Crippen molar-refractivity contribution >= 4 is 34.2 Å². The number of imidazole rings is 1. The molecule has 224 valence electrons. The molecular formula is C28H36FN9O4. The summed E-state index contributed by atoms with van der Waals surface area (Å²) in [5.41, 5.74) is 5.48. The monoisotopic (exact) mass is 581 g/mol. The molecule has 13 nitrogen and oxygen atoms in total. The highest BCUT2D eigenvalue weighted by molar-refractivity contribution is 5.75. The zero-order chi connectivity index (χ0) is 30.4. The second-order valence-electron chi connectivity index (χ2n) is 10.1. The Morgan fingerprint density at radius 2 is 2.00 bits per heavy atom. The molecule has 0 aliphatic rings. The molecule has 0 fully saturated rings. The van der Waals surface area contributed by atoms with Gasteiger partial charge in [0.2, 0.25) is 11.8 Å². The van der Waals surface area contributed by atoms with Crippen molar-refractivity contribution in [2.24, 2.45) is 12.8 Å². The molecule has 5 N–H and O–H groups in total. The van der Waals surface area contributed by atoms with Crippen molar-refractivity contribution < 1.29 is 13.6 Å². The average molecular weight is 582 g/mol. The van der Waals surface area contributed by atoms with Gasteiger partial charge in [0.25, 0.3) is 5.56 Å². The number of hydrogen-bond donors (Lipinski definition) is 4. The number of aromatic nitrogens is 5. The molecule has 0 aliphatic heterocycles. The van der Waals surface area contributed by atoms with Gasteiger partial charge in [-0.15, -0.1) is 5.92 Å². The molecule has 4 rings (SSSR count). The Morgan fingerprint density at radius 1 is 1.21 bits per heavy atom. The highest BCUT2D eigenvalue weighted by Gasteiger charge is 2.22. The first-order valence-electron chi connectivity index (χ1n) is 13.8. The topological polar surface area (TPSA) is 167 Å². The van der Waals surface area contributed by atoms with Crippen molar-refractivity contribution in [1.29, 1.82) is 0 Å². The van der Waals surface area contributed by atoms with Gasteiger partial charge >= 0.3 is 11.7 Å². The van der Waals surface area contributed by atoms with Crippen LogP contribution in [0.1, 0.15) is 45.9 Å². The zero-order valence-corrected chi connectivity index (χ0v) is 24.2. The lowest BCUT2D eigenvalue weighted by atomic mass is 10.1. The second-order valence-corrected chi connectivity index (χ2v) is 10.1. The van der Waals surface area contributed by atoms with Gasteiger partial charge in [-0.2, -0.15) is 4.98 Å². The van der Waals surface area contributed by atoms with Gasteiger partial charge in [0.1, 0.15) is 17.9 Å². The highest BCUT2D eigenvalue weighted by Crippen LogP contribution is 2.19. The van der Waals surface area contributed by atoms with Gasteiger partial charge in [0.05, 0.1) is 6.54 Å². The number of urea groups is 1. The van der Waals surface area contributed by atoms with Crippen LogP contribution in [0.15, 0.2) is 32.2 Å². The van der Waals surface area contributed by atoms with Gasteiger partial charge in [0.15, 0.2) is 16.7 Å². The largest absolute Gasteiger partial charge is 0.439 e. The molecule has 0 saturated heterocycles. The van der Waals surface area contributed by atoms with Gasteiger partial charge in [-0.05, 0) is 32.4 Å². The van der Waals surface area contributed by atoms with Crippen molar-refractivity contribution in [2.45, 2.75) is 65.2 Å². The molecule has 0 bridgehead atoms. The van der Waals surface area contributed by atoms with Crippen molar-refractivity contribution in [3.63, 3.8) is 0 Å². The van der Waals surface area contributed by atoms with Gasteiger partial charge in [-0.25, -0.2) is 23.5 Å². The molecule has 1 aromatic carbocycles. The number of nitrogens with one attached hydrogen (secondary N) is 3. The number of nitrogens with zero attached hydrogens (tertiary/aromatic N) is 5. The summed E-state index contributed by atoms with van der Waals surface area (Å²) in [6, 6.07) is 3.16. The standard InChI is InChI=1S/C28H36FN9O4/c1-5-7-9-19(33-27(40)32-14-17(3)30)15-31-26-35-24-23(37(26)12-8-6-2)25(39)38(28(41)36(24)4)16-22-34-20-11-10-18(29)13-21(20)42-22/h10-11,13,17,19H,5,7,9,12,14-16,30H2,1-4H3,(H,31,35)(H2,32,33,40)/t17?,19-/m1/s1. The molecule has 0 aliphatic carbocycles. The first-order chi connectivity index (χ1) is 20.1. The van der Waals surface area contributed by atoms with E-state index in [9.17, 15) is 18.8 Å². The first-order valence-corrected chi connectivity index (χ1v) is 13.8. The van der Waals surface area contributed by atoms with Gasteiger partial charge in [0, 0.05) is 38.3 Å². The third kappa shape index (κ3) is 6.80. The third-order valence-corrected chi connectivity index (χ3v) is 6.67. The molecule has 3 heterocycles. The summed E-state index contributed by atoms with van der Waals surface area (Å²) in [4.78, 5) is 48.3. The molecule has 0 saturated carbocycles. The van der Waals surface area contributed by atoms with Crippen LogP contribution in [0.2, 0.25) is 0 Å². The maximum Gasteiger partial charge on any atom is 0.332 e.